The van der Waals surface area contributed by atoms with Crippen LogP contribution < -0.4 is 10.6 Å². The van der Waals surface area contributed by atoms with Gasteiger partial charge in [-0.05, 0) is 38.8 Å². The lowest BCUT2D eigenvalue weighted by Gasteiger charge is -2.25. The maximum atomic E-state index is 8.86. The number of hydrogen-bond acceptors (Lipinski definition) is 3. The maximum absolute atomic E-state index is 8.86. The zero-order chi connectivity index (χ0) is 8.44. The predicted molar refractivity (Wildman–Crippen MR) is 46.6 cm³/mol. The second-order valence-electron chi connectivity index (χ2n) is 3.86. The summed E-state index contributed by atoms with van der Waals surface area (Å²) in [6, 6.07) is 2.95. The molecule has 1 saturated carbocycles. The van der Waals surface area contributed by atoms with Gasteiger partial charge in [-0.15, -0.1) is 0 Å². The highest BCUT2D eigenvalue weighted by Gasteiger charge is 2.44. The Balaban J connectivity index is 1.82. The number of nitriles is 1. The molecule has 66 valence electrons. The van der Waals surface area contributed by atoms with Gasteiger partial charge >= 0.3 is 0 Å². The van der Waals surface area contributed by atoms with Crippen LogP contribution in [0.2, 0.25) is 0 Å². The minimum atomic E-state index is -0.123. The van der Waals surface area contributed by atoms with Crippen molar-refractivity contribution in [3.8, 4) is 6.07 Å². The molecule has 0 unspecified atom stereocenters. The molecule has 0 bridgehead atoms. The van der Waals surface area contributed by atoms with Gasteiger partial charge in [-0.25, -0.2) is 0 Å². The molecule has 2 N–H and O–H groups in total. The van der Waals surface area contributed by atoms with E-state index in [4.69, 9.17) is 5.26 Å². The molecule has 2 rings (SSSR count). The molecule has 2 aliphatic rings. The highest BCUT2D eigenvalue weighted by Crippen LogP contribution is 2.35. The Bertz CT molecular complexity index is 196. The molecule has 3 nitrogen and oxygen atoms in total. The smallest absolute Gasteiger partial charge is 0.107 e. The van der Waals surface area contributed by atoms with Gasteiger partial charge in [0, 0.05) is 6.04 Å². The minimum Gasteiger partial charge on any atom is -0.317 e. The number of nitrogens with zero attached hydrogens (tertiary/aromatic N) is 1. The first kappa shape index (κ1) is 8.03. The van der Waals surface area contributed by atoms with Crippen molar-refractivity contribution < 1.29 is 0 Å². The first-order valence-corrected chi connectivity index (χ1v) is 4.74. The third kappa shape index (κ3) is 1.60. The summed E-state index contributed by atoms with van der Waals surface area (Å²) >= 11 is 0. The van der Waals surface area contributed by atoms with Crippen LogP contribution in [0, 0.1) is 11.3 Å². The summed E-state index contributed by atoms with van der Waals surface area (Å²) < 4.78 is 0. The van der Waals surface area contributed by atoms with Crippen molar-refractivity contribution >= 4 is 0 Å². The molecule has 12 heavy (non-hydrogen) atoms. The lowest BCUT2D eigenvalue weighted by Crippen LogP contribution is -2.45. The third-order valence-corrected chi connectivity index (χ3v) is 2.78. The molecule has 2 fully saturated rings. The van der Waals surface area contributed by atoms with E-state index < -0.39 is 0 Å². The van der Waals surface area contributed by atoms with E-state index in [1.54, 1.807) is 0 Å². The average Bonchev–Trinajstić information content (AvgIpc) is 2.88. The summed E-state index contributed by atoms with van der Waals surface area (Å²) in [6.07, 6.45) is 4.44. The molecule has 0 spiro atoms. The highest BCUT2D eigenvalue weighted by atomic mass is 15.1. The average molecular weight is 165 g/mol. The van der Waals surface area contributed by atoms with Crippen LogP contribution in [0.5, 0.6) is 0 Å². The number of piperidine rings is 1. The van der Waals surface area contributed by atoms with Crippen LogP contribution in [0.25, 0.3) is 0 Å². The molecule has 0 aromatic carbocycles. The molecule has 1 aliphatic heterocycles. The molecule has 1 heterocycles. The van der Waals surface area contributed by atoms with Crippen molar-refractivity contribution in [2.24, 2.45) is 0 Å². The molecular weight excluding hydrogens is 150 g/mol. The summed E-state index contributed by atoms with van der Waals surface area (Å²) in [5.41, 5.74) is -0.123. The zero-order valence-electron chi connectivity index (χ0n) is 7.27. The van der Waals surface area contributed by atoms with Gasteiger partial charge in [0.1, 0.15) is 5.54 Å². The van der Waals surface area contributed by atoms with Gasteiger partial charge in [0.05, 0.1) is 6.07 Å². The van der Waals surface area contributed by atoms with Crippen molar-refractivity contribution in [2.45, 2.75) is 37.3 Å². The van der Waals surface area contributed by atoms with Crippen molar-refractivity contribution in [3.63, 3.8) is 0 Å². The first-order valence-electron chi connectivity index (χ1n) is 4.74. The van der Waals surface area contributed by atoms with Crippen LogP contribution in [-0.2, 0) is 0 Å². The summed E-state index contributed by atoms with van der Waals surface area (Å²) in [6.45, 7) is 2.19. The predicted octanol–water partition coefficient (Wildman–Crippen LogP) is 0.384. The van der Waals surface area contributed by atoms with Crippen molar-refractivity contribution in [3.05, 3.63) is 0 Å². The van der Waals surface area contributed by atoms with Crippen LogP contribution in [0.1, 0.15) is 25.7 Å². The summed E-state index contributed by atoms with van der Waals surface area (Å²) in [7, 11) is 0. The van der Waals surface area contributed by atoms with Crippen LogP contribution in [0.15, 0.2) is 0 Å². The van der Waals surface area contributed by atoms with Crippen molar-refractivity contribution in [1.82, 2.24) is 10.6 Å². The Morgan fingerprint density at radius 2 is 2.00 bits per heavy atom. The Kier molecular flexibility index (Phi) is 2.03. The van der Waals surface area contributed by atoms with E-state index in [1.807, 2.05) is 0 Å². The fraction of sp³-hybridized carbons (Fsp3) is 0.889. The van der Waals surface area contributed by atoms with Crippen LogP contribution in [-0.4, -0.2) is 24.7 Å². The zero-order valence-corrected chi connectivity index (χ0v) is 7.27. The molecular formula is C9H15N3. The lowest BCUT2D eigenvalue weighted by molar-refractivity contribution is 0.364. The van der Waals surface area contributed by atoms with E-state index >= 15 is 0 Å². The number of hydrogen-bond donors (Lipinski definition) is 2. The number of nitrogens with one attached hydrogen (secondary N) is 2. The fourth-order valence-corrected chi connectivity index (χ4v) is 1.77. The van der Waals surface area contributed by atoms with E-state index in [9.17, 15) is 0 Å². The van der Waals surface area contributed by atoms with E-state index in [1.165, 1.54) is 12.8 Å². The molecule has 0 radical (unpaired) electrons. The molecule has 0 aromatic heterocycles. The summed E-state index contributed by atoms with van der Waals surface area (Å²) in [4.78, 5) is 0. The Labute approximate surface area is 73.1 Å². The molecule has 0 amide bonds. The molecule has 0 aromatic rings. The topological polar surface area (TPSA) is 47.9 Å². The van der Waals surface area contributed by atoms with E-state index in [-0.39, 0.29) is 5.54 Å². The minimum absolute atomic E-state index is 0.123. The van der Waals surface area contributed by atoms with E-state index in [0.29, 0.717) is 6.04 Å². The monoisotopic (exact) mass is 165 g/mol. The van der Waals surface area contributed by atoms with Gasteiger partial charge in [-0.1, -0.05) is 0 Å². The maximum Gasteiger partial charge on any atom is 0.107 e. The third-order valence-electron chi connectivity index (χ3n) is 2.78. The Morgan fingerprint density at radius 3 is 2.50 bits per heavy atom. The fourth-order valence-electron chi connectivity index (χ4n) is 1.77. The standard InChI is InChI=1S/C9H15N3/c10-7-9(3-4-9)12-8-1-5-11-6-2-8/h8,11-12H,1-6H2. The van der Waals surface area contributed by atoms with Gasteiger partial charge in [0.2, 0.25) is 0 Å². The van der Waals surface area contributed by atoms with Gasteiger partial charge in [-0.2, -0.15) is 5.26 Å². The molecule has 0 atom stereocenters. The van der Waals surface area contributed by atoms with E-state index in [0.717, 1.165) is 25.9 Å². The second-order valence-corrected chi connectivity index (χ2v) is 3.86. The number of rotatable bonds is 2. The van der Waals surface area contributed by atoms with Gasteiger partial charge in [0.25, 0.3) is 0 Å². The van der Waals surface area contributed by atoms with Crippen LogP contribution in [0.3, 0.4) is 0 Å². The SMILES string of the molecule is N#CC1(NC2CCNCC2)CC1. The molecule has 1 saturated heterocycles. The molecule has 3 heteroatoms. The van der Waals surface area contributed by atoms with Crippen LogP contribution >= 0.6 is 0 Å². The normalized spacial score (nSPS) is 27.9. The van der Waals surface area contributed by atoms with Crippen molar-refractivity contribution in [1.29, 1.82) is 5.26 Å². The van der Waals surface area contributed by atoms with Gasteiger partial charge in [-0.3, -0.25) is 5.32 Å². The Morgan fingerprint density at radius 1 is 1.33 bits per heavy atom. The largest absolute Gasteiger partial charge is 0.317 e. The van der Waals surface area contributed by atoms with Crippen molar-refractivity contribution in [2.75, 3.05) is 13.1 Å². The lowest BCUT2D eigenvalue weighted by atomic mass is 10.1. The molecule has 1 aliphatic carbocycles. The summed E-state index contributed by atoms with van der Waals surface area (Å²) in [5, 5.41) is 15.6. The Hall–Kier alpha value is -0.590. The van der Waals surface area contributed by atoms with Crippen LogP contribution in [0.4, 0.5) is 0 Å². The van der Waals surface area contributed by atoms with Gasteiger partial charge in [0.15, 0.2) is 0 Å². The first-order chi connectivity index (χ1) is 5.85. The second kappa shape index (κ2) is 3.04. The highest BCUT2D eigenvalue weighted by molar-refractivity contribution is 5.19. The van der Waals surface area contributed by atoms with E-state index in [2.05, 4.69) is 16.7 Å². The van der Waals surface area contributed by atoms with Gasteiger partial charge < -0.3 is 5.32 Å². The quantitative estimate of drug-likeness (QED) is 0.622. The summed E-state index contributed by atoms with van der Waals surface area (Å²) in [5.74, 6) is 0.